The summed E-state index contributed by atoms with van der Waals surface area (Å²) < 4.78 is 6.16. The van der Waals surface area contributed by atoms with Crippen LogP contribution in [0.15, 0.2) is 43.0 Å². The lowest BCUT2D eigenvalue weighted by Crippen LogP contribution is -2.22. The van der Waals surface area contributed by atoms with Gasteiger partial charge in [-0.05, 0) is 6.92 Å². The Morgan fingerprint density at radius 2 is 2.15 bits per heavy atom. The lowest BCUT2D eigenvalue weighted by atomic mass is 10.2. The lowest BCUT2D eigenvalue weighted by Gasteiger charge is -2.11. The van der Waals surface area contributed by atoms with Crippen LogP contribution in [0.3, 0.4) is 0 Å². The van der Waals surface area contributed by atoms with Gasteiger partial charge in [0, 0.05) is 23.1 Å². The smallest absolute Gasteiger partial charge is 0.203 e. The minimum absolute atomic E-state index is 0.202. The Balaban J connectivity index is 1.65. The molecule has 0 aliphatic carbocycles. The Morgan fingerprint density at radius 1 is 1.30 bits per heavy atom. The van der Waals surface area contributed by atoms with Crippen molar-refractivity contribution in [2.24, 2.45) is 0 Å². The number of anilines is 1. The number of nitrogens with one attached hydrogen (secondary N) is 1. The van der Waals surface area contributed by atoms with Crippen LogP contribution >= 0.6 is 11.5 Å². The monoisotopic (exact) mass is 286 g/mol. The first-order valence-electron chi connectivity index (χ1n) is 6.29. The molecule has 2 aromatic heterocycles. The van der Waals surface area contributed by atoms with Crippen molar-refractivity contribution in [3.8, 4) is 11.4 Å². The van der Waals surface area contributed by atoms with E-state index >= 15 is 0 Å². The quantitative estimate of drug-likeness (QED) is 0.779. The minimum Gasteiger partial charge on any atom is -0.356 e. The van der Waals surface area contributed by atoms with Crippen LogP contribution in [0.1, 0.15) is 6.92 Å². The van der Waals surface area contributed by atoms with E-state index in [0.29, 0.717) is 0 Å². The molecule has 1 atom stereocenters. The summed E-state index contributed by atoms with van der Waals surface area (Å²) in [5, 5.41) is 8.23. The van der Waals surface area contributed by atoms with Gasteiger partial charge in [0.15, 0.2) is 5.82 Å². The summed E-state index contributed by atoms with van der Waals surface area (Å²) in [6.45, 7) is 2.81. The molecule has 0 saturated heterocycles. The third-order valence-corrected chi connectivity index (χ3v) is 3.40. The van der Waals surface area contributed by atoms with E-state index < -0.39 is 0 Å². The fraction of sp³-hybridized carbons (Fsp3) is 0.231. The molecule has 3 aromatic rings. The van der Waals surface area contributed by atoms with Crippen LogP contribution in [0.5, 0.6) is 0 Å². The molecule has 0 amide bonds. The second kappa shape index (κ2) is 5.79. The number of nitrogens with zero attached hydrogens (tertiary/aromatic N) is 5. The SMILES string of the molecule is CC(Cn1cncn1)Nc1nc(-c2ccccc2)ns1. The Hall–Kier alpha value is -2.28. The second-order valence-electron chi connectivity index (χ2n) is 4.45. The molecule has 1 N–H and O–H groups in total. The van der Waals surface area contributed by atoms with E-state index in [4.69, 9.17) is 0 Å². The van der Waals surface area contributed by atoms with E-state index in [2.05, 4.69) is 31.7 Å². The largest absolute Gasteiger partial charge is 0.356 e. The summed E-state index contributed by atoms with van der Waals surface area (Å²) in [7, 11) is 0. The zero-order valence-corrected chi connectivity index (χ0v) is 11.8. The topological polar surface area (TPSA) is 68.5 Å². The standard InChI is InChI=1S/C13H14N6S/c1-10(7-19-9-14-8-15-19)16-13-17-12(18-20-13)11-5-3-2-4-6-11/h2-6,8-10H,7H2,1H3,(H,16,17,18). The van der Waals surface area contributed by atoms with Gasteiger partial charge in [0.25, 0.3) is 0 Å². The Kier molecular flexibility index (Phi) is 3.69. The molecule has 0 spiro atoms. The van der Waals surface area contributed by atoms with Gasteiger partial charge in [0.2, 0.25) is 5.13 Å². The fourth-order valence-corrected chi connectivity index (χ4v) is 2.55. The highest BCUT2D eigenvalue weighted by Crippen LogP contribution is 2.21. The average Bonchev–Trinajstić information content (AvgIpc) is 3.11. The first-order valence-corrected chi connectivity index (χ1v) is 7.06. The van der Waals surface area contributed by atoms with Crippen LogP contribution in [0.4, 0.5) is 5.13 Å². The predicted octanol–water partition coefficient (Wildman–Crippen LogP) is 2.30. The summed E-state index contributed by atoms with van der Waals surface area (Å²) in [6.07, 6.45) is 3.23. The van der Waals surface area contributed by atoms with Gasteiger partial charge in [-0.15, -0.1) is 0 Å². The van der Waals surface area contributed by atoms with Crippen LogP contribution in [0, 0.1) is 0 Å². The molecular weight excluding hydrogens is 272 g/mol. The molecule has 102 valence electrons. The minimum atomic E-state index is 0.202. The summed E-state index contributed by atoms with van der Waals surface area (Å²) in [4.78, 5) is 8.43. The molecule has 2 heterocycles. The maximum atomic E-state index is 4.50. The molecule has 0 saturated carbocycles. The summed E-state index contributed by atoms with van der Waals surface area (Å²) >= 11 is 1.37. The van der Waals surface area contributed by atoms with Crippen molar-refractivity contribution in [1.29, 1.82) is 0 Å². The molecule has 6 nitrogen and oxygen atoms in total. The van der Waals surface area contributed by atoms with Gasteiger partial charge in [0.1, 0.15) is 12.7 Å². The van der Waals surface area contributed by atoms with Crippen molar-refractivity contribution in [3.05, 3.63) is 43.0 Å². The van der Waals surface area contributed by atoms with Gasteiger partial charge in [-0.2, -0.15) is 14.5 Å². The molecule has 7 heteroatoms. The van der Waals surface area contributed by atoms with Crippen molar-refractivity contribution < 1.29 is 0 Å². The molecule has 1 unspecified atom stereocenters. The maximum Gasteiger partial charge on any atom is 0.203 e. The Labute approximate surface area is 120 Å². The number of hydrogen-bond donors (Lipinski definition) is 1. The van der Waals surface area contributed by atoms with Crippen molar-refractivity contribution in [2.75, 3.05) is 5.32 Å². The second-order valence-corrected chi connectivity index (χ2v) is 5.20. The van der Waals surface area contributed by atoms with Crippen LogP contribution in [-0.2, 0) is 6.54 Å². The van der Waals surface area contributed by atoms with Crippen LogP contribution in [0.25, 0.3) is 11.4 Å². The fourth-order valence-electron chi connectivity index (χ4n) is 1.85. The van der Waals surface area contributed by atoms with E-state index in [0.717, 1.165) is 23.1 Å². The molecule has 0 fully saturated rings. The number of hydrogen-bond acceptors (Lipinski definition) is 6. The van der Waals surface area contributed by atoms with Crippen LogP contribution < -0.4 is 5.32 Å². The molecule has 20 heavy (non-hydrogen) atoms. The first kappa shape index (κ1) is 12.7. The van der Waals surface area contributed by atoms with E-state index in [-0.39, 0.29) is 6.04 Å². The molecular formula is C13H14N6S. The van der Waals surface area contributed by atoms with E-state index in [1.807, 2.05) is 30.3 Å². The molecule has 1 aromatic carbocycles. The molecule has 0 radical (unpaired) electrons. The summed E-state index contributed by atoms with van der Waals surface area (Å²) in [6, 6.07) is 10.2. The van der Waals surface area contributed by atoms with E-state index in [1.165, 1.54) is 17.9 Å². The van der Waals surface area contributed by atoms with Gasteiger partial charge in [-0.1, -0.05) is 30.3 Å². The van der Waals surface area contributed by atoms with E-state index in [9.17, 15) is 0 Å². The molecule has 0 aliphatic rings. The zero-order valence-electron chi connectivity index (χ0n) is 11.0. The Morgan fingerprint density at radius 3 is 2.90 bits per heavy atom. The van der Waals surface area contributed by atoms with Gasteiger partial charge in [-0.3, -0.25) is 4.68 Å². The summed E-state index contributed by atoms with van der Waals surface area (Å²) in [5.74, 6) is 0.756. The lowest BCUT2D eigenvalue weighted by molar-refractivity contribution is 0.559. The van der Waals surface area contributed by atoms with Crippen molar-refractivity contribution in [3.63, 3.8) is 0 Å². The predicted molar refractivity (Wildman–Crippen MR) is 78.5 cm³/mol. The number of rotatable bonds is 5. The first-order chi connectivity index (χ1) is 9.81. The zero-order chi connectivity index (χ0) is 13.8. The normalized spacial score (nSPS) is 12.2. The van der Waals surface area contributed by atoms with Crippen molar-refractivity contribution in [1.82, 2.24) is 24.1 Å². The molecule has 3 rings (SSSR count). The molecule has 0 aliphatic heterocycles. The summed E-state index contributed by atoms with van der Waals surface area (Å²) in [5.41, 5.74) is 1.03. The van der Waals surface area contributed by atoms with E-state index in [1.54, 1.807) is 11.0 Å². The third-order valence-electron chi connectivity index (χ3n) is 2.76. The van der Waals surface area contributed by atoms with Crippen LogP contribution in [0.2, 0.25) is 0 Å². The van der Waals surface area contributed by atoms with Gasteiger partial charge >= 0.3 is 0 Å². The average molecular weight is 286 g/mol. The van der Waals surface area contributed by atoms with Crippen molar-refractivity contribution in [2.45, 2.75) is 19.5 Å². The Bertz CT molecular complexity index is 649. The molecule has 0 bridgehead atoms. The number of benzene rings is 1. The number of aromatic nitrogens is 5. The van der Waals surface area contributed by atoms with Gasteiger partial charge < -0.3 is 5.32 Å². The van der Waals surface area contributed by atoms with Gasteiger partial charge in [-0.25, -0.2) is 4.98 Å². The van der Waals surface area contributed by atoms with Crippen LogP contribution in [-0.4, -0.2) is 30.2 Å². The highest BCUT2D eigenvalue weighted by atomic mass is 32.1. The highest BCUT2D eigenvalue weighted by Gasteiger charge is 2.09. The maximum absolute atomic E-state index is 4.50. The third kappa shape index (κ3) is 3.00. The van der Waals surface area contributed by atoms with Crippen molar-refractivity contribution >= 4 is 16.7 Å². The van der Waals surface area contributed by atoms with Gasteiger partial charge in [0.05, 0.1) is 6.54 Å². The highest BCUT2D eigenvalue weighted by molar-refractivity contribution is 7.09.